The molecule has 1 N–H and O–H groups in total. The highest BCUT2D eigenvalue weighted by atomic mass is 79.9. The van der Waals surface area contributed by atoms with Gasteiger partial charge in [-0.25, -0.2) is 0 Å². The van der Waals surface area contributed by atoms with Crippen molar-refractivity contribution in [2.24, 2.45) is 0 Å². The Morgan fingerprint density at radius 3 is 2.96 bits per heavy atom. The van der Waals surface area contributed by atoms with Crippen LogP contribution >= 0.6 is 39.0 Å². The van der Waals surface area contributed by atoms with Gasteiger partial charge < -0.3 is 9.84 Å². The minimum Gasteiger partial charge on any atom is -0.347 e. The Balaban J connectivity index is 1.65. The van der Waals surface area contributed by atoms with E-state index in [4.69, 9.17) is 4.52 Å². The minimum absolute atomic E-state index is 0.0908. The van der Waals surface area contributed by atoms with Gasteiger partial charge in [-0.05, 0) is 34.1 Å². The van der Waals surface area contributed by atoms with Crippen LogP contribution in [0.2, 0.25) is 0 Å². The average molecular weight is 424 g/mol. The van der Waals surface area contributed by atoms with E-state index in [2.05, 4.69) is 31.4 Å². The van der Waals surface area contributed by atoms with Crippen LogP contribution in [0, 0.1) is 6.92 Å². The molecule has 0 atom stereocenters. The van der Waals surface area contributed by atoms with E-state index < -0.39 is 0 Å². The second-order valence-corrected chi connectivity index (χ2v) is 7.86. The number of hydrogen-bond donors (Lipinski definition) is 1. The maximum absolute atomic E-state index is 12.5. The molecule has 1 amide bonds. The van der Waals surface area contributed by atoms with E-state index in [-0.39, 0.29) is 5.91 Å². The molecule has 5 nitrogen and oxygen atoms in total. The van der Waals surface area contributed by atoms with Gasteiger partial charge in [0, 0.05) is 26.5 Å². The molecule has 0 fully saturated rings. The number of carbonyl (C=O) groups is 1. The highest BCUT2D eigenvalue weighted by Gasteiger charge is 2.13. The van der Waals surface area contributed by atoms with Crippen molar-refractivity contribution >= 4 is 44.9 Å². The Bertz CT molecular complexity index is 847. The number of aryl methyl sites for hydroxylation is 1. The molecule has 2 aromatic heterocycles. The molecular formula is C16H14BrN3O2S2. The summed E-state index contributed by atoms with van der Waals surface area (Å²) < 4.78 is 5.99. The van der Waals surface area contributed by atoms with E-state index in [1.54, 1.807) is 18.3 Å². The van der Waals surface area contributed by atoms with Crippen molar-refractivity contribution in [3.8, 4) is 0 Å². The molecule has 2 heterocycles. The van der Waals surface area contributed by atoms with Crippen molar-refractivity contribution in [3.63, 3.8) is 0 Å². The van der Waals surface area contributed by atoms with Gasteiger partial charge in [-0.1, -0.05) is 17.3 Å². The zero-order valence-electron chi connectivity index (χ0n) is 12.8. The zero-order valence-corrected chi connectivity index (χ0v) is 16.0. The van der Waals surface area contributed by atoms with Gasteiger partial charge in [-0.2, -0.15) is 4.98 Å². The molecule has 3 rings (SSSR count). The fraction of sp³-hybridized carbons (Fsp3) is 0.188. The van der Waals surface area contributed by atoms with Gasteiger partial charge in [0.2, 0.25) is 5.89 Å². The number of amides is 1. The van der Waals surface area contributed by atoms with Crippen molar-refractivity contribution in [3.05, 3.63) is 62.3 Å². The molecule has 8 heteroatoms. The Labute approximate surface area is 156 Å². The van der Waals surface area contributed by atoms with Gasteiger partial charge in [-0.15, -0.1) is 23.1 Å². The molecule has 0 aliphatic carbocycles. The molecule has 1 aromatic carbocycles. The van der Waals surface area contributed by atoms with Gasteiger partial charge in [0.25, 0.3) is 5.91 Å². The Morgan fingerprint density at radius 2 is 2.25 bits per heavy atom. The molecular weight excluding hydrogens is 410 g/mol. The van der Waals surface area contributed by atoms with Crippen molar-refractivity contribution in [2.45, 2.75) is 24.1 Å². The molecule has 0 saturated carbocycles. The van der Waals surface area contributed by atoms with E-state index in [1.807, 2.05) is 35.7 Å². The lowest BCUT2D eigenvalue weighted by Crippen LogP contribution is -2.22. The number of nitrogens with one attached hydrogen (secondary N) is 1. The SMILES string of the molecule is Cc1nc(CSc2ccccc2C(=O)NCc2cc(Br)cs2)no1. The molecule has 0 bridgehead atoms. The number of halogens is 1. The van der Waals surface area contributed by atoms with Gasteiger partial charge in [0.15, 0.2) is 5.82 Å². The topological polar surface area (TPSA) is 68.0 Å². The van der Waals surface area contributed by atoms with Crippen LogP contribution < -0.4 is 5.32 Å². The number of aromatic nitrogens is 2. The van der Waals surface area contributed by atoms with Crippen LogP contribution in [0.3, 0.4) is 0 Å². The third-order valence-electron chi connectivity index (χ3n) is 3.10. The van der Waals surface area contributed by atoms with E-state index in [9.17, 15) is 4.79 Å². The average Bonchev–Trinajstić information content (AvgIpc) is 3.19. The number of carbonyl (C=O) groups excluding carboxylic acids is 1. The molecule has 124 valence electrons. The predicted molar refractivity (Wildman–Crippen MR) is 98.2 cm³/mol. The summed E-state index contributed by atoms with van der Waals surface area (Å²) in [5.74, 6) is 1.63. The smallest absolute Gasteiger partial charge is 0.252 e. The molecule has 0 aliphatic rings. The fourth-order valence-corrected chi connectivity index (χ4v) is 4.32. The lowest BCUT2D eigenvalue weighted by molar-refractivity contribution is 0.0948. The molecule has 0 aliphatic heterocycles. The summed E-state index contributed by atoms with van der Waals surface area (Å²) in [4.78, 5) is 18.6. The molecule has 24 heavy (non-hydrogen) atoms. The van der Waals surface area contributed by atoms with Crippen molar-refractivity contribution in [1.29, 1.82) is 0 Å². The lowest BCUT2D eigenvalue weighted by Gasteiger charge is -2.08. The minimum atomic E-state index is -0.0908. The van der Waals surface area contributed by atoms with Crippen LogP contribution in [-0.4, -0.2) is 16.0 Å². The molecule has 3 aromatic rings. The molecule has 0 unspecified atom stereocenters. The van der Waals surface area contributed by atoms with E-state index >= 15 is 0 Å². The van der Waals surface area contributed by atoms with Gasteiger partial charge >= 0.3 is 0 Å². The summed E-state index contributed by atoms with van der Waals surface area (Å²) in [6.45, 7) is 2.27. The van der Waals surface area contributed by atoms with Crippen molar-refractivity contribution in [1.82, 2.24) is 15.5 Å². The van der Waals surface area contributed by atoms with Crippen LogP contribution in [0.15, 0.2) is 49.6 Å². The Hall–Kier alpha value is -1.64. The summed E-state index contributed by atoms with van der Waals surface area (Å²) >= 11 is 6.54. The number of thioether (sulfide) groups is 1. The number of rotatable bonds is 6. The van der Waals surface area contributed by atoms with Crippen LogP contribution in [0.1, 0.15) is 27.0 Å². The van der Waals surface area contributed by atoms with Gasteiger partial charge in [0.05, 0.1) is 17.9 Å². The number of benzene rings is 1. The Morgan fingerprint density at radius 1 is 1.42 bits per heavy atom. The van der Waals surface area contributed by atoms with E-state index in [0.29, 0.717) is 29.6 Å². The molecule has 0 spiro atoms. The first-order valence-corrected chi connectivity index (χ1v) is 9.80. The van der Waals surface area contributed by atoms with Crippen LogP contribution in [0.4, 0.5) is 0 Å². The third kappa shape index (κ3) is 4.46. The maximum Gasteiger partial charge on any atom is 0.252 e. The Kier molecular flexibility index (Phi) is 5.70. The summed E-state index contributed by atoms with van der Waals surface area (Å²) in [5.41, 5.74) is 0.651. The summed E-state index contributed by atoms with van der Waals surface area (Å²) in [5, 5.41) is 8.83. The van der Waals surface area contributed by atoms with Crippen molar-refractivity contribution in [2.75, 3.05) is 0 Å². The molecule has 0 saturated heterocycles. The normalized spacial score (nSPS) is 10.8. The highest BCUT2D eigenvalue weighted by Crippen LogP contribution is 2.26. The number of hydrogen-bond acceptors (Lipinski definition) is 6. The van der Waals surface area contributed by atoms with Crippen LogP contribution in [0.25, 0.3) is 0 Å². The quantitative estimate of drug-likeness (QED) is 0.594. The monoisotopic (exact) mass is 423 g/mol. The zero-order chi connectivity index (χ0) is 16.9. The number of thiophene rings is 1. The standard InChI is InChI=1S/C16H14BrN3O2S2/c1-10-19-15(20-22-10)9-24-14-5-3-2-4-13(14)16(21)18-7-12-6-11(17)8-23-12/h2-6,8H,7,9H2,1H3,(H,18,21). The second-order valence-electron chi connectivity index (χ2n) is 4.93. The maximum atomic E-state index is 12.5. The first kappa shape index (κ1) is 17.2. The highest BCUT2D eigenvalue weighted by molar-refractivity contribution is 9.10. The summed E-state index contributed by atoms with van der Waals surface area (Å²) in [6, 6.07) is 9.53. The van der Waals surface area contributed by atoms with Crippen LogP contribution in [-0.2, 0) is 12.3 Å². The lowest BCUT2D eigenvalue weighted by atomic mass is 10.2. The molecule has 0 radical (unpaired) electrons. The summed E-state index contributed by atoms with van der Waals surface area (Å²) in [6.07, 6.45) is 0. The largest absolute Gasteiger partial charge is 0.347 e. The van der Waals surface area contributed by atoms with Crippen molar-refractivity contribution < 1.29 is 9.32 Å². The third-order valence-corrected chi connectivity index (χ3v) is 5.87. The van der Waals surface area contributed by atoms with E-state index in [1.165, 1.54) is 11.8 Å². The van der Waals surface area contributed by atoms with Gasteiger partial charge in [-0.3, -0.25) is 4.79 Å². The summed E-state index contributed by atoms with van der Waals surface area (Å²) in [7, 11) is 0. The van der Waals surface area contributed by atoms with E-state index in [0.717, 1.165) is 14.2 Å². The fourth-order valence-electron chi connectivity index (χ4n) is 2.03. The predicted octanol–water partition coefficient (Wildman–Crippen LogP) is 4.42. The first-order chi connectivity index (χ1) is 11.6. The first-order valence-electron chi connectivity index (χ1n) is 7.14. The van der Waals surface area contributed by atoms with Crippen LogP contribution in [0.5, 0.6) is 0 Å². The number of nitrogens with zero attached hydrogens (tertiary/aromatic N) is 2. The second kappa shape index (κ2) is 7.96. The van der Waals surface area contributed by atoms with Gasteiger partial charge in [0.1, 0.15) is 0 Å².